The molecule has 2 N–H and O–H groups in total. The Bertz CT molecular complexity index is 315. The molecule has 0 radical (unpaired) electrons. The lowest BCUT2D eigenvalue weighted by atomic mass is 10.0. The van der Waals surface area contributed by atoms with Crippen molar-refractivity contribution in [1.29, 1.82) is 0 Å². The maximum absolute atomic E-state index is 12.2. The number of benzene rings is 1. The zero-order valence-electron chi connectivity index (χ0n) is 7.81. The number of hydrogen-bond donors (Lipinski definition) is 1. The fourth-order valence-corrected chi connectivity index (χ4v) is 1.61. The molecule has 4 heteroatoms. The van der Waals surface area contributed by atoms with Gasteiger partial charge in [0.15, 0.2) is 0 Å². The molecule has 1 atom stereocenters. The second kappa shape index (κ2) is 4.84. The van der Waals surface area contributed by atoms with Gasteiger partial charge in [-0.3, -0.25) is 0 Å². The molecule has 0 heterocycles. The minimum atomic E-state index is -2.46. The third-order valence-corrected chi connectivity index (χ3v) is 2.58. The lowest BCUT2D eigenvalue weighted by Crippen LogP contribution is -2.31. The number of nitrogens with two attached hydrogens (primary N) is 1. The standard InChI is InChI=1S/C10H12BrF2N/c1-6-2-3-8(11)4-7(6)5-9(14)10(12)13/h2-4,9-10H,5,14H2,1H3. The van der Waals surface area contributed by atoms with Gasteiger partial charge in [-0.2, -0.15) is 0 Å². The van der Waals surface area contributed by atoms with Gasteiger partial charge in [-0.05, 0) is 36.6 Å². The molecule has 78 valence electrons. The Hall–Kier alpha value is -0.480. The topological polar surface area (TPSA) is 26.0 Å². The van der Waals surface area contributed by atoms with Crippen LogP contribution in [0, 0.1) is 6.92 Å². The van der Waals surface area contributed by atoms with E-state index in [9.17, 15) is 8.78 Å². The van der Waals surface area contributed by atoms with Crippen molar-refractivity contribution in [2.45, 2.75) is 25.8 Å². The average molecular weight is 264 g/mol. The maximum Gasteiger partial charge on any atom is 0.253 e. The Kier molecular flexibility index (Phi) is 4.01. The molecule has 0 aliphatic carbocycles. The van der Waals surface area contributed by atoms with Gasteiger partial charge < -0.3 is 5.73 Å². The van der Waals surface area contributed by atoms with E-state index >= 15 is 0 Å². The summed E-state index contributed by atoms with van der Waals surface area (Å²) in [5, 5.41) is 0. The van der Waals surface area contributed by atoms with E-state index in [0.717, 1.165) is 15.6 Å². The van der Waals surface area contributed by atoms with Gasteiger partial charge in [-0.1, -0.05) is 22.0 Å². The van der Waals surface area contributed by atoms with E-state index in [1.165, 1.54) is 0 Å². The first-order chi connectivity index (χ1) is 6.50. The van der Waals surface area contributed by atoms with Crippen molar-refractivity contribution in [2.75, 3.05) is 0 Å². The minimum absolute atomic E-state index is 0.211. The highest BCUT2D eigenvalue weighted by atomic mass is 79.9. The molecule has 0 bridgehead atoms. The summed E-state index contributed by atoms with van der Waals surface area (Å²) >= 11 is 3.29. The third-order valence-electron chi connectivity index (χ3n) is 2.09. The van der Waals surface area contributed by atoms with Crippen LogP contribution in [0.5, 0.6) is 0 Å². The average Bonchev–Trinajstić information content (AvgIpc) is 2.11. The smallest absolute Gasteiger partial charge is 0.253 e. The van der Waals surface area contributed by atoms with Gasteiger partial charge in [-0.25, -0.2) is 8.78 Å². The summed E-state index contributed by atoms with van der Waals surface area (Å²) in [6.07, 6.45) is -2.25. The van der Waals surface area contributed by atoms with E-state index in [1.54, 1.807) is 0 Å². The molecule has 1 unspecified atom stereocenters. The van der Waals surface area contributed by atoms with Gasteiger partial charge in [0.2, 0.25) is 0 Å². The molecule has 0 saturated heterocycles. The molecule has 0 spiro atoms. The van der Waals surface area contributed by atoms with Gasteiger partial charge in [0.05, 0.1) is 6.04 Å². The summed E-state index contributed by atoms with van der Waals surface area (Å²) in [4.78, 5) is 0. The van der Waals surface area contributed by atoms with Crippen molar-refractivity contribution in [3.63, 3.8) is 0 Å². The SMILES string of the molecule is Cc1ccc(Br)cc1CC(N)C(F)F. The lowest BCUT2D eigenvalue weighted by molar-refractivity contribution is 0.116. The highest BCUT2D eigenvalue weighted by molar-refractivity contribution is 9.10. The molecule has 0 aliphatic rings. The first kappa shape index (κ1) is 11.6. The minimum Gasteiger partial charge on any atom is -0.323 e. The number of rotatable bonds is 3. The van der Waals surface area contributed by atoms with E-state index in [0.29, 0.717) is 0 Å². The van der Waals surface area contributed by atoms with Crippen LogP contribution in [0.25, 0.3) is 0 Å². The summed E-state index contributed by atoms with van der Waals surface area (Å²) in [7, 11) is 0. The Morgan fingerprint density at radius 2 is 2.07 bits per heavy atom. The first-order valence-electron chi connectivity index (χ1n) is 4.29. The molecule has 0 fully saturated rings. The number of alkyl halides is 2. The molecule has 1 aromatic carbocycles. The Balaban J connectivity index is 2.80. The molecular weight excluding hydrogens is 252 g/mol. The van der Waals surface area contributed by atoms with Crippen molar-refractivity contribution < 1.29 is 8.78 Å². The van der Waals surface area contributed by atoms with E-state index in [-0.39, 0.29) is 6.42 Å². The molecule has 14 heavy (non-hydrogen) atoms. The maximum atomic E-state index is 12.2. The quantitative estimate of drug-likeness (QED) is 0.892. The van der Waals surface area contributed by atoms with Crippen LogP contribution in [0.15, 0.2) is 22.7 Å². The van der Waals surface area contributed by atoms with E-state index < -0.39 is 12.5 Å². The highest BCUT2D eigenvalue weighted by Crippen LogP contribution is 2.18. The van der Waals surface area contributed by atoms with Crippen LogP contribution in [0.4, 0.5) is 8.78 Å². The summed E-state index contributed by atoms with van der Waals surface area (Å²) in [6, 6.07) is 4.52. The summed E-state index contributed by atoms with van der Waals surface area (Å²) in [5.41, 5.74) is 7.16. The van der Waals surface area contributed by atoms with Crippen LogP contribution in [-0.2, 0) is 6.42 Å². The lowest BCUT2D eigenvalue weighted by Gasteiger charge is -2.12. The van der Waals surface area contributed by atoms with Crippen molar-refractivity contribution in [2.24, 2.45) is 5.73 Å². The van der Waals surface area contributed by atoms with Gasteiger partial charge in [0.1, 0.15) is 0 Å². The second-order valence-corrected chi connectivity index (χ2v) is 4.19. The molecule has 0 amide bonds. The van der Waals surface area contributed by atoms with Crippen molar-refractivity contribution in [3.8, 4) is 0 Å². The molecule has 1 aromatic rings. The van der Waals surface area contributed by atoms with Crippen LogP contribution < -0.4 is 5.73 Å². The van der Waals surface area contributed by atoms with Crippen LogP contribution >= 0.6 is 15.9 Å². The number of halogens is 3. The van der Waals surface area contributed by atoms with E-state index in [2.05, 4.69) is 15.9 Å². The van der Waals surface area contributed by atoms with Crippen LogP contribution in [0.3, 0.4) is 0 Å². The molecule has 0 aliphatic heterocycles. The number of hydrogen-bond acceptors (Lipinski definition) is 1. The predicted molar refractivity (Wildman–Crippen MR) is 56.6 cm³/mol. The van der Waals surface area contributed by atoms with E-state index in [1.807, 2.05) is 25.1 Å². The van der Waals surface area contributed by atoms with Crippen LogP contribution in [-0.4, -0.2) is 12.5 Å². The highest BCUT2D eigenvalue weighted by Gasteiger charge is 2.16. The first-order valence-corrected chi connectivity index (χ1v) is 5.08. The normalized spacial score (nSPS) is 13.3. The Labute approximate surface area is 90.4 Å². The predicted octanol–water partition coefficient (Wildman–Crippen LogP) is 2.89. The van der Waals surface area contributed by atoms with Crippen molar-refractivity contribution in [1.82, 2.24) is 0 Å². The molecule has 0 saturated carbocycles. The third kappa shape index (κ3) is 3.03. The molecule has 1 nitrogen and oxygen atoms in total. The van der Waals surface area contributed by atoms with Crippen LogP contribution in [0.1, 0.15) is 11.1 Å². The fraction of sp³-hybridized carbons (Fsp3) is 0.400. The molecular formula is C10H12BrF2N. The zero-order valence-corrected chi connectivity index (χ0v) is 9.39. The molecule has 1 rings (SSSR count). The monoisotopic (exact) mass is 263 g/mol. The fourth-order valence-electron chi connectivity index (χ4n) is 1.20. The Morgan fingerprint density at radius 1 is 1.43 bits per heavy atom. The van der Waals surface area contributed by atoms with E-state index in [4.69, 9.17) is 5.73 Å². The number of aryl methyl sites for hydroxylation is 1. The second-order valence-electron chi connectivity index (χ2n) is 3.27. The molecule has 0 aromatic heterocycles. The van der Waals surface area contributed by atoms with Crippen LogP contribution in [0.2, 0.25) is 0 Å². The van der Waals surface area contributed by atoms with Crippen molar-refractivity contribution in [3.05, 3.63) is 33.8 Å². The van der Waals surface area contributed by atoms with Gasteiger partial charge >= 0.3 is 0 Å². The Morgan fingerprint density at radius 3 is 2.64 bits per heavy atom. The zero-order chi connectivity index (χ0) is 10.7. The van der Waals surface area contributed by atoms with Gasteiger partial charge in [0.25, 0.3) is 6.43 Å². The van der Waals surface area contributed by atoms with Gasteiger partial charge in [-0.15, -0.1) is 0 Å². The summed E-state index contributed by atoms with van der Waals surface area (Å²) in [6.45, 7) is 1.89. The summed E-state index contributed by atoms with van der Waals surface area (Å²) < 4.78 is 25.3. The summed E-state index contributed by atoms with van der Waals surface area (Å²) in [5.74, 6) is 0. The van der Waals surface area contributed by atoms with Crippen molar-refractivity contribution >= 4 is 15.9 Å². The largest absolute Gasteiger partial charge is 0.323 e. The van der Waals surface area contributed by atoms with Gasteiger partial charge in [0, 0.05) is 4.47 Å².